The van der Waals surface area contributed by atoms with Gasteiger partial charge in [0, 0.05) is 0 Å². The summed E-state index contributed by atoms with van der Waals surface area (Å²) in [5.41, 5.74) is 2.03. The molecule has 16 heavy (non-hydrogen) atoms. The molecule has 0 aliphatic carbocycles. The largest absolute Gasteiger partial charge is 0.205 e. The monoisotopic (exact) mass is 214 g/mol. The summed E-state index contributed by atoms with van der Waals surface area (Å²) in [7, 11) is 0. The number of aryl methyl sites for hydroxylation is 1. The minimum atomic E-state index is -0.361. The van der Waals surface area contributed by atoms with E-state index < -0.39 is 0 Å². The average molecular weight is 214 g/mol. The highest BCUT2D eigenvalue weighted by Crippen LogP contribution is 2.22. The van der Waals surface area contributed by atoms with Crippen molar-refractivity contribution in [1.82, 2.24) is 0 Å². The molecule has 0 heterocycles. The fourth-order valence-electron chi connectivity index (χ4n) is 1.32. The van der Waals surface area contributed by atoms with Gasteiger partial charge in [-0.3, -0.25) is 0 Å². The van der Waals surface area contributed by atoms with Crippen LogP contribution >= 0.6 is 0 Å². The molecule has 0 amide bonds. The van der Waals surface area contributed by atoms with Crippen LogP contribution in [0.1, 0.15) is 5.56 Å². The van der Waals surface area contributed by atoms with E-state index in [-0.39, 0.29) is 11.5 Å². The van der Waals surface area contributed by atoms with Crippen molar-refractivity contribution in [2.24, 2.45) is 10.2 Å². The van der Waals surface area contributed by atoms with Gasteiger partial charge in [0.15, 0.2) is 5.82 Å². The first-order valence-electron chi connectivity index (χ1n) is 4.99. The lowest BCUT2D eigenvalue weighted by Gasteiger charge is -1.97. The molecule has 80 valence electrons. The molecule has 2 aromatic carbocycles. The summed E-state index contributed by atoms with van der Waals surface area (Å²) in [5.74, 6) is -0.361. The van der Waals surface area contributed by atoms with Crippen molar-refractivity contribution in [1.29, 1.82) is 0 Å². The topological polar surface area (TPSA) is 24.7 Å². The molecular formula is C13H11FN2. The summed E-state index contributed by atoms with van der Waals surface area (Å²) in [5, 5.41) is 7.91. The van der Waals surface area contributed by atoms with Crippen LogP contribution < -0.4 is 0 Å². The van der Waals surface area contributed by atoms with Gasteiger partial charge >= 0.3 is 0 Å². The standard InChI is InChI=1S/C13H11FN2/c1-10-6-2-4-8-12(10)15-16-13-9-5-3-7-11(13)14/h2-9H,1H3. The maximum Gasteiger partial charge on any atom is 0.150 e. The van der Waals surface area contributed by atoms with Gasteiger partial charge in [0.05, 0.1) is 5.69 Å². The molecule has 0 aliphatic rings. The van der Waals surface area contributed by atoms with Crippen molar-refractivity contribution in [3.8, 4) is 0 Å². The number of benzene rings is 2. The van der Waals surface area contributed by atoms with E-state index in [4.69, 9.17) is 0 Å². The van der Waals surface area contributed by atoms with Crippen LogP contribution in [0.5, 0.6) is 0 Å². The number of halogens is 1. The van der Waals surface area contributed by atoms with E-state index in [1.807, 2.05) is 31.2 Å². The van der Waals surface area contributed by atoms with Crippen LogP contribution in [0.2, 0.25) is 0 Å². The van der Waals surface area contributed by atoms with E-state index in [0.717, 1.165) is 11.3 Å². The van der Waals surface area contributed by atoms with Crippen molar-refractivity contribution in [3.05, 3.63) is 59.9 Å². The average Bonchev–Trinajstić information content (AvgIpc) is 2.30. The molecule has 0 aliphatic heterocycles. The number of nitrogens with zero attached hydrogens (tertiary/aromatic N) is 2. The summed E-state index contributed by atoms with van der Waals surface area (Å²) < 4.78 is 13.2. The molecule has 3 heteroatoms. The molecular weight excluding hydrogens is 203 g/mol. The van der Waals surface area contributed by atoms with E-state index in [0.29, 0.717) is 0 Å². The van der Waals surface area contributed by atoms with E-state index in [9.17, 15) is 4.39 Å². The van der Waals surface area contributed by atoms with Gasteiger partial charge in [-0.1, -0.05) is 30.3 Å². The molecule has 0 atom stereocenters. The molecule has 0 saturated carbocycles. The SMILES string of the molecule is Cc1ccccc1N=Nc1ccccc1F. The summed E-state index contributed by atoms with van der Waals surface area (Å²) in [6, 6.07) is 13.9. The van der Waals surface area contributed by atoms with Crippen molar-refractivity contribution in [2.45, 2.75) is 6.92 Å². The molecule has 2 nitrogen and oxygen atoms in total. The van der Waals surface area contributed by atoms with Crippen LogP contribution in [0.25, 0.3) is 0 Å². The lowest BCUT2D eigenvalue weighted by molar-refractivity contribution is 0.628. The fraction of sp³-hybridized carbons (Fsp3) is 0.0769. The molecule has 0 unspecified atom stereocenters. The van der Waals surface area contributed by atoms with E-state index in [2.05, 4.69) is 10.2 Å². The molecule has 0 spiro atoms. The van der Waals surface area contributed by atoms with Gasteiger partial charge in [-0.25, -0.2) is 4.39 Å². The predicted octanol–water partition coefficient (Wildman–Crippen LogP) is 4.55. The van der Waals surface area contributed by atoms with Gasteiger partial charge in [0.25, 0.3) is 0 Å². The maximum absolute atomic E-state index is 13.2. The first-order chi connectivity index (χ1) is 7.77. The lowest BCUT2D eigenvalue weighted by atomic mass is 10.2. The van der Waals surface area contributed by atoms with E-state index in [1.54, 1.807) is 18.2 Å². The van der Waals surface area contributed by atoms with Crippen molar-refractivity contribution in [2.75, 3.05) is 0 Å². The van der Waals surface area contributed by atoms with Crippen LogP contribution in [-0.2, 0) is 0 Å². The Bertz CT molecular complexity index is 473. The highest BCUT2D eigenvalue weighted by atomic mass is 19.1. The van der Waals surface area contributed by atoms with Gasteiger partial charge < -0.3 is 0 Å². The number of hydrogen-bond acceptors (Lipinski definition) is 2. The fourth-order valence-corrected chi connectivity index (χ4v) is 1.32. The maximum atomic E-state index is 13.2. The Balaban J connectivity index is 2.29. The Labute approximate surface area is 93.5 Å². The predicted molar refractivity (Wildman–Crippen MR) is 61.8 cm³/mol. The highest BCUT2D eigenvalue weighted by molar-refractivity contribution is 5.45. The zero-order valence-corrected chi connectivity index (χ0v) is 8.89. The Morgan fingerprint density at radius 3 is 2.06 bits per heavy atom. The summed E-state index contributed by atoms with van der Waals surface area (Å²) >= 11 is 0. The van der Waals surface area contributed by atoms with Crippen LogP contribution in [0.4, 0.5) is 15.8 Å². The van der Waals surface area contributed by atoms with Gasteiger partial charge in [0.2, 0.25) is 0 Å². The second-order valence-electron chi connectivity index (χ2n) is 3.44. The van der Waals surface area contributed by atoms with Crippen LogP contribution in [0, 0.1) is 12.7 Å². The Kier molecular flexibility index (Phi) is 3.05. The lowest BCUT2D eigenvalue weighted by Crippen LogP contribution is -1.74. The number of hydrogen-bond donors (Lipinski definition) is 0. The molecule has 0 saturated heterocycles. The third-order valence-corrected chi connectivity index (χ3v) is 2.23. The minimum Gasteiger partial charge on any atom is -0.205 e. The Morgan fingerprint density at radius 1 is 0.812 bits per heavy atom. The summed E-state index contributed by atoms with van der Waals surface area (Å²) in [6.07, 6.45) is 0. The molecule has 2 rings (SSSR count). The second-order valence-corrected chi connectivity index (χ2v) is 3.44. The smallest absolute Gasteiger partial charge is 0.150 e. The quantitative estimate of drug-likeness (QED) is 0.655. The number of azo groups is 1. The molecule has 0 aromatic heterocycles. The van der Waals surface area contributed by atoms with Gasteiger partial charge in [-0.2, -0.15) is 5.11 Å². The molecule has 0 N–H and O–H groups in total. The molecule has 0 radical (unpaired) electrons. The molecule has 0 fully saturated rings. The van der Waals surface area contributed by atoms with E-state index >= 15 is 0 Å². The van der Waals surface area contributed by atoms with E-state index in [1.165, 1.54) is 6.07 Å². The van der Waals surface area contributed by atoms with Gasteiger partial charge in [0.1, 0.15) is 5.69 Å². The molecule has 0 bridgehead atoms. The van der Waals surface area contributed by atoms with Crippen LogP contribution in [0.15, 0.2) is 58.8 Å². The van der Waals surface area contributed by atoms with Gasteiger partial charge in [-0.05, 0) is 30.7 Å². The molecule has 2 aromatic rings. The Hall–Kier alpha value is -2.03. The summed E-state index contributed by atoms with van der Waals surface area (Å²) in [4.78, 5) is 0. The highest BCUT2D eigenvalue weighted by Gasteiger charge is 1.98. The second kappa shape index (κ2) is 4.66. The minimum absolute atomic E-state index is 0.255. The normalized spacial score (nSPS) is 10.9. The Morgan fingerprint density at radius 2 is 1.38 bits per heavy atom. The first kappa shape index (κ1) is 10.5. The third-order valence-electron chi connectivity index (χ3n) is 2.23. The first-order valence-corrected chi connectivity index (χ1v) is 4.99. The number of rotatable bonds is 2. The van der Waals surface area contributed by atoms with Gasteiger partial charge in [-0.15, -0.1) is 5.11 Å². The van der Waals surface area contributed by atoms with Crippen molar-refractivity contribution < 1.29 is 4.39 Å². The third kappa shape index (κ3) is 2.31. The van der Waals surface area contributed by atoms with Crippen molar-refractivity contribution >= 4 is 11.4 Å². The zero-order valence-electron chi connectivity index (χ0n) is 8.89. The van der Waals surface area contributed by atoms with Crippen LogP contribution in [0.3, 0.4) is 0 Å². The summed E-state index contributed by atoms with van der Waals surface area (Å²) in [6.45, 7) is 1.94. The zero-order chi connectivity index (χ0) is 11.4. The van der Waals surface area contributed by atoms with Crippen LogP contribution in [-0.4, -0.2) is 0 Å². The van der Waals surface area contributed by atoms with Crippen molar-refractivity contribution in [3.63, 3.8) is 0 Å².